The Balaban J connectivity index is 2.10. The second-order valence-electron chi connectivity index (χ2n) is 4.96. The van der Waals surface area contributed by atoms with Gasteiger partial charge in [0.05, 0.1) is 6.54 Å². The Morgan fingerprint density at radius 3 is 2.82 bits per heavy atom. The maximum atomic E-state index is 11.5. The lowest BCUT2D eigenvalue weighted by atomic mass is 10.1. The quantitative estimate of drug-likeness (QED) is 0.765. The molecule has 0 saturated carbocycles. The van der Waals surface area contributed by atoms with Crippen LogP contribution in [0.5, 0.6) is 0 Å². The van der Waals surface area contributed by atoms with Gasteiger partial charge < -0.3 is 15.0 Å². The number of carbonyl (C=O) groups is 2. The predicted octanol–water partition coefficient (Wildman–Crippen LogP) is 1.38. The van der Waals surface area contributed by atoms with Gasteiger partial charge in [-0.3, -0.25) is 4.79 Å². The highest BCUT2D eigenvalue weighted by atomic mass is 16.6. The van der Waals surface area contributed by atoms with Crippen molar-refractivity contribution in [1.82, 2.24) is 10.2 Å². The zero-order valence-electron chi connectivity index (χ0n) is 10.9. The van der Waals surface area contributed by atoms with E-state index >= 15 is 0 Å². The molecule has 1 atom stereocenters. The minimum atomic E-state index is -0.296. The lowest BCUT2D eigenvalue weighted by Crippen LogP contribution is -2.27. The molecule has 0 aliphatic carbocycles. The van der Waals surface area contributed by atoms with E-state index in [2.05, 4.69) is 19.2 Å². The van der Waals surface area contributed by atoms with Gasteiger partial charge in [0.25, 0.3) is 0 Å². The van der Waals surface area contributed by atoms with Crippen LogP contribution in [-0.2, 0) is 9.53 Å². The third-order valence-corrected chi connectivity index (χ3v) is 2.79. The molecule has 1 rings (SSSR count). The lowest BCUT2D eigenvalue weighted by molar-refractivity contribution is -0.121. The van der Waals surface area contributed by atoms with Crippen molar-refractivity contribution in [3.63, 3.8) is 0 Å². The van der Waals surface area contributed by atoms with Crippen LogP contribution in [0.25, 0.3) is 0 Å². The first-order chi connectivity index (χ1) is 7.99. The molecule has 0 bridgehead atoms. The van der Waals surface area contributed by atoms with Crippen LogP contribution in [0.3, 0.4) is 0 Å². The summed E-state index contributed by atoms with van der Waals surface area (Å²) in [4.78, 5) is 24.1. The standard InChI is InChI=1S/C12H22N2O3/c1-9(2)6-7-13-11(15)5-4-10-8-14(3)12(16)17-10/h9-10H,4-8H2,1-3H3,(H,13,15). The van der Waals surface area contributed by atoms with E-state index in [-0.39, 0.29) is 18.1 Å². The van der Waals surface area contributed by atoms with Crippen molar-refractivity contribution in [2.24, 2.45) is 5.92 Å². The number of hydrogen-bond acceptors (Lipinski definition) is 3. The average Bonchev–Trinajstić information content (AvgIpc) is 2.55. The summed E-state index contributed by atoms with van der Waals surface area (Å²) in [7, 11) is 1.70. The van der Waals surface area contributed by atoms with Crippen molar-refractivity contribution < 1.29 is 14.3 Å². The Bertz CT molecular complexity index is 279. The number of ether oxygens (including phenoxy) is 1. The smallest absolute Gasteiger partial charge is 0.409 e. The second kappa shape index (κ2) is 6.47. The molecule has 17 heavy (non-hydrogen) atoms. The molecule has 0 aromatic carbocycles. The van der Waals surface area contributed by atoms with Gasteiger partial charge in [-0.25, -0.2) is 4.79 Å². The minimum absolute atomic E-state index is 0.0382. The Labute approximate surface area is 102 Å². The van der Waals surface area contributed by atoms with E-state index in [0.29, 0.717) is 25.3 Å². The Hall–Kier alpha value is -1.26. The summed E-state index contributed by atoms with van der Waals surface area (Å²) in [5.41, 5.74) is 0. The zero-order valence-corrected chi connectivity index (χ0v) is 10.9. The minimum Gasteiger partial charge on any atom is -0.444 e. The molecule has 0 aromatic heterocycles. The number of rotatable bonds is 6. The number of carbonyl (C=O) groups excluding carboxylic acids is 2. The molecule has 1 unspecified atom stereocenters. The number of cyclic esters (lactones) is 1. The summed E-state index contributed by atoms with van der Waals surface area (Å²) in [5.74, 6) is 0.635. The van der Waals surface area contributed by atoms with Gasteiger partial charge in [0.1, 0.15) is 6.10 Å². The van der Waals surface area contributed by atoms with Crippen LogP contribution in [-0.4, -0.2) is 43.1 Å². The predicted molar refractivity (Wildman–Crippen MR) is 64.6 cm³/mol. The Morgan fingerprint density at radius 2 is 2.29 bits per heavy atom. The number of amides is 2. The summed E-state index contributed by atoms with van der Waals surface area (Å²) in [5, 5.41) is 2.87. The molecular formula is C12H22N2O3. The molecule has 0 spiro atoms. The van der Waals surface area contributed by atoms with Gasteiger partial charge in [0.15, 0.2) is 0 Å². The van der Waals surface area contributed by atoms with Crippen molar-refractivity contribution in [3.05, 3.63) is 0 Å². The van der Waals surface area contributed by atoms with Crippen molar-refractivity contribution in [2.45, 2.75) is 39.2 Å². The van der Waals surface area contributed by atoms with Gasteiger partial charge >= 0.3 is 6.09 Å². The molecule has 1 saturated heterocycles. The fourth-order valence-corrected chi connectivity index (χ4v) is 1.68. The van der Waals surface area contributed by atoms with Crippen molar-refractivity contribution in [1.29, 1.82) is 0 Å². The molecule has 2 amide bonds. The van der Waals surface area contributed by atoms with Crippen LogP contribution in [0.1, 0.15) is 33.1 Å². The molecule has 1 heterocycles. The first kappa shape index (κ1) is 13.8. The lowest BCUT2D eigenvalue weighted by Gasteiger charge is -2.09. The fraction of sp³-hybridized carbons (Fsp3) is 0.833. The monoisotopic (exact) mass is 242 g/mol. The second-order valence-corrected chi connectivity index (χ2v) is 4.96. The largest absolute Gasteiger partial charge is 0.444 e. The summed E-state index contributed by atoms with van der Waals surface area (Å²) < 4.78 is 5.07. The highest BCUT2D eigenvalue weighted by Crippen LogP contribution is 2.13. The third-order valence-electron chi connectivity index (χ3n) is 2.79. The van der Waals surface area contributed by atoms with Crippen molar-refractivity contribution in [2.75, 3.05) is 20.1 Å². The topological polar surface area (TPSA) is 58.6 Å². The summed E-state index contributed by atoms with van der Waals surface area (Å²) >= 11 is 0. The van der Waals surface area contributed by atoms with Crippen LogP contribution in [0, 0.1) is 5.92 Å². The number of likely N-dealkylation sites (N-methyl/N-ethyl adjacent to an activating group) is 1. The summed E-state index contributed by atoms with van der Waals surface area (Å²) in [6, 6.07) is 0. The number of nitrogens with one attached hydrogen (secondary N) is 1. The average molecular weight is 242 g/mol. The first-order valence-electron chi connectivity index (χ1n) is 6.17. The van der Waals surface area contributed by atoms with Gasteiger partial charge in [0.2, 0.25) is 5.91 Å². The third kappa shape index (κ3) is 5.06. The molecule has 5 heteroatoms. The SMILES string of the molecule is CC(C)CCNC(=O)CCC1CN(C)C(=O)O1. The van der Waals surface area contributed by atoms with Crippen molar-refractivity contribution >= 4 is 12.0 Å². The maximum absolute atomic E-state index is 11.5. The highest BCUT2D eigenvalue weighted by molar-refractivity contribution is 5.76. The van der Waals surface area contributed by atoms with E-state index in [9.17, 15) is 9.59 Å². The molecule has 0 aromatic rings. The van der Waals surface area contributed by atoms with Gasteiger partial charge in [0, 0.05) is 20.0 Å². The first-order valence-corrected chi connectivity index (χ1v) is 6.17. The molecule has 98 valence electrons. The molecule has 1 aliphatic heterocycles. The molecule has 1 aliphatic rings. The van der Waals surface area contributed by atoms with E-state index < -0.39 is 0 Å². The summed E-state index contributed by atoms with van der Waals surface area (Å²) in [6.07, 6.45) is 1.58. The molecular weight excluding hydrogens is 220 g/mol. The van der Waals surface area contributed by atoms with Gasteiger partial charge in [-0.1, -0.05) is 13.8 Å². The Morgan fingerprint density at radius 1 is 1.59 bits per heavy atom. The molecule has 1 N–H and O–H groups in total. The van der Waals surface area contributed by atoms with E-state index in [1.54, 1.807) is 7.05 Å². The zero-order chi connectivity index (χ0) is 12.8. The van der Waals surface area contributed by atoms with Gasteiger partial charge in [-0.05, 0) is 18.8 Å². The molecule has 0 radical (unpaired) electrons. The van der Waals surface area contributed by atoms with Crippen LogP contribution in [0.2, 0.25) is 0 Å². The van der Waals surface area contributed by atoms with E-state index in [4.69, 9.17) is 4.74 Å². The molecule has 5 nitrogen and oxygen atoms in total. The number of nitrogens with zero attached hydrogens (tertiary/aromatic N) is 1. The highest BCUT2D eigenvalue weighted by Gasteiger charge is 2.28. The maximum Gasteiger partial charge on any atom is 0.409 e. The van der Waals surface area contributed by atoms with Crippen LogP contribution in [0.15, 0.2) is 0 Å². The Kier molecular flexibility index (Phi) is 5.25. The van der Waals surface area contributed by atoms with Gasteiger partial charge in [-0.15, -0.1) is 0 Å². The van der Waals surface area contributed by atoms with Gasteiger partial charge in [-0.2, -0.15) is 0 Å². The van der Waals surface area contributed by atoms with Crippen molar-refractivity contribution in [3.8, 4) is 0 Å². The number of hydrogen-bond donors (Lipinski definition) is 1. The fourth-order valence-electron chi connectivity index (χ4n) is 1.68. The van der Waals surface area contributed by atoms with E-state index in [0.717, 1.165) is 13.0 Å². The van der Waals surface area contributed by atoms with E-state index in [1.165, 1.54) is 4.90 Å². The van der Waals surface area contributed by atoms with Crippen LogP contribution >= 0.6 is 0 Å². The summed E-state index contributed by atoms with van der Waals surface area (Å²) in [6.45, 7) is 5.55. The van der Waals surface area contributed by atoms with Crippen LogP contribution < -0.4 is 5.32 Å². The van der Waals surface area contributed by atoms with Crippen LogP contribution in [0.4, 0.5) is 4.79 Å². The molecule has 1 fully saturated rings. The normalized spacial score (nSPS) is 19.6. The van der Waals surface area contributed by atoms with E-state index in [1.807, 2.05) is 0 Å².